The molecule has 0 bridgehead atoms. The van der Waals surface area contributed by atoms with Crippen LogP contribution in [0.2, 0.25) is 0 Å². The van der Waals surface area contributed by atoms with Crippen LogP contribution in [-0.4, -0.2) is 41.6 Å². The average Bonchev–Trinajstić information content (AvgIpc) is 3.24. The number of rotatable bonds is 6. The van der Waals surface area contributed by atoms with Gasteiger partial charge in [-0.1, -0.05) is 30.3 Å². The number of amides is 1. The van der Waals surface area contributed by atoms with E-state index in [1.54, 1.807) is 4.90 Å². The van der Waals surface area contributed by atoms with Crippen molar-refractivity contribution < 1.29 is 19.0 Å². The van der Waals surface area contributed by atoms with E-state index >= 15 is 0 Å². The van der Waals surface area contributed by atoms with Crippen molar-refractivity contribution in [1.82, 2.24) is 4.90 Å². The highest BCUT2D eigenvalue weighted by Gasteiger charge is 2.52. The Balaban J connectivity index is 1.58. The zero-order valence-electron chi connectivity index (χ0n) is 17.3. The molecule has 1 heterocycles. The molecular formula is C22H33NO4. The van der Waals surface area contributed by atoms with Gasteiger partial charge in [0.25, 0.3) is 0 Å². The van der Waals surface area contributed by atoms with E-state index in [9.17, 15) is 4.79 Å². The van der Waals surface area contributed by atoms with Gasteiger partial charge in [-0.25, -0.2) is 4.79 Å². The second-order valence-corrected chi connectivity index (χ2v) is 9.44. The Morgan fingerprint density at radius 2 is 1.89 bits per heavy atom. The fourth-order valence-electron chi connectivity index (χ4n) is 3.76. The lowest BCUT2D eigenvalue weighted by Gasteiger charge is -2.36. The summed E-state index contributed by atoms with van der Waals surface area (Å²) in [5, 5.41) is 0. The third-order valence-electron chi connectivity index (χ3n) is 5.31. The SMILES string of the molecule is CC(C)(C)OC(=O)N1[C@@H](CC2(COCc3ccccc3)CC2)COC1(C)C. The molecule has 1 aromatic carbocycles. The number of carbonyl (C=O) groups is 1. The predicted octanol–water partition coefficient (Wildman–Crippen LogP) is 4.75. The Hall–Kier alpha value is -1.59. The summed E-state index contributed by atoms with van der Waals surface area (Å²) in [6, 6.07) is 10.3. The van der Waals surface area contributed by atoms with Crippen molar-refractivity contribution in [3.63, 3.8) is 0 Å². The van der Waals surface area contributed by atoms with E-state index in [0.717, 1.165) is 25.9 Å². The first-order valence-electron chi connectivity index (χ1n) is 9.88. The molecule has 5 nitrogen and oxygen atoms in total. The topological polar surface area (TPSA) is 48.0 Å². The van der Waals surface area contributed by atoms with Crippen molar-refractivity contribution in [2.75, 3.05) is 13.2 Å². The lowest BCUT2D eigenvalue weighted by atomic mass is 9.97. The molecule has 0 unspecified atom stereocenters. The molecule has 1 aromatic rings. The molecule has 27 heavy (non-hydrogen) atoms. The molecule has 1 amide bonds. The zero-order valence-corrected chi connectivity index (χ0v) is 17.3. The third kappa shape index (κ3) is 5.23. The van der Waals surface area contributed by atoms with Gasteiger partial charge in [0, 0.05) is 0 Å². The summed E-state index contributed by atoms with van der Waals surface area (Å²) in [4.78, 5) is 14.6. The molecule has 3 rings (SSSR count). The quantitative estimate of drug-likeness (QED) is 0.720. The van der Waals surface area contributed by atoms with Crippen LogP contribution in [0.3, 0.4) is 0 Å². The van der Waals surface area contributed by atoms with Gasteiger partial charge in [0.15, 0.2) is 0 Å². The maximum Gasteiger partial charge on any atom is 0.412 e. The van der Waals surface area contributed by atoms with Gasteiger partial charge in [0.05, 0.1) is 25.9 Å². The fraction of sp³-hybridized carbons (Fsp3) is 0.682. The van der Waals surface area contributed by atoms with Gasteiger partial charge in [-0.05, 0) is 64.9 Å². The summed E-state index contributed by atoms with van der Waals surface area (Å²) < 4.78 is 17.6. The van der Waals surface area contributed by atoms with E-state index in [1.807, 2.05) is 52.8 Å². The first-order chi connectivity index (χ1) is 12.6. The number of hydrogen-bond acceptors (Lipinski definition) is 4. The Bertz CT molecular complexity index is 646. The average molecular weight is 376 g/mol. The molecule has 1 aliphatic carbocycles. The van der Waals surface area contributed by atoms with Crippen LogP contribution in [0.5, 0.6) is 0 Å². The monoisotopic (exact) mass is 375 g/mol. The molecule has 1 aliphatic heterocycles. The Morgan fingerprint density at radius 1 is 1.22 bits per heavy atom. The number of hydrogen-bond donors (Lipinski definition) is 0. The van der Waals surface area contributed by atoms with Gasteiger partial charge in [-0.15, -0.1) is 0 Å². The third-order valence-corrected chi connectivity index (χ3v) is 5.31. The molecule has 1 saturated carbocycles. The predicted molar refractivity (Wildman–Crippen MR) is 104 cm³/mol. The molecule has 5 heteroatoms. The van der Waals surface area contributed by atoms with Crippen LogP contribution in [0.15, 0.2) is 30.3 Å². The lowest BCUT2D eigenvalue weighted by molar-refractivity contribution is -0.0637. The summed E-state index contributed by atoms with van der Waals surface area (Å²) in [7, 11) is 0. The van der Waals surface area contributed by atoms with E-state index in [2.05, 4.69) is 12.1 Å². The molecule has 0 N–H and O–H groups in total. The molecule has 0 radical (unpaired) electrons. The molecule has 2 fully saturated rings. The maximum atomic E-state index is 12.8. The van der Waals surface area contributed by atoms with Crippen LogP contribution in [0.4, 0.5) is 4.79 Å². The van der Waals surface area contributed by atoms with Crippen molar-refractivity contribution in [1.29, 1.82) is 0 Å². The molecule has 150 valence electrons. The zero-order chi connectivity index (χ0) is 19.7. The van der Waals surface area contributed by atoms with Crippen molar-refractivity contribution >= 4 is 6.09 Å². The van der Waals surface area contributed by atoms with E-state index in [4.69, 9.17) is 14.2 Å². The number of ether oxygens (including phenoxy) is 3. The lowest BCUT2D eigenvalue weighted by Crippen LogP contribution is -2.50. The fourth-order valence-corrected chi connectivity index (χ4v) is 3.76. The second kappa shape index (κ2) is 7.44. The highest BCUT2D eigenvalue weighted by Crippen LogP contribution is 2.52. The summed E-state index contributed by atoms with van der Waals surface area (Å²) in [6.45, 7) is 11.4. The van der Waals surface area contributed by atoms with E-state index < -0.39 is 11.3 Å². The minimum Gasteiger partial charge on any atom is -0.444 e. The van der Waals surface area contributed by atoms with Gasteiger partial charge in [-0.3, -0.25) is 4.90 Å². The summed E-state index contributed by atoms with van der Waals surface area (Å²) in [5.74, 6) is 0. The molecule has 1 atom stereocenters. The minimum atomic E-state index is -0.645. The van der Waals surface area contributed by atoms with Gasteiger partial charge in [0.1, 0.15) is 11.3 Å². The van der Waals surface area contributed by atoms with Gasteiger partial charge in [0.2, 0.25) is 0 Å². The second-order valence-electron chi connectivity index (χ2n) is 9.44. The Labute approximate surface area is 163 Å². The van der Waals surface area contributed by atoms with Crippen molar-refractivity contribution in [3.8, 4) is 0 Å². The molecule has 0 spiro atoms. The smallest absolute Gasteiger partial charge is 0.412 e. The maximum absolute atomic E-state index is 12.8. The van der Waals surface area contributed by atoms with Crippen molar-refractivity contribution in [2.45, 2.75) is 77.9 Å². The Morgan fingerprint density at radius 3 is 2.48 bits per heavy atom. The highest BCUT2D eigenvalue weighted by molar-refractivity contribution is 5.69. The summed E-state index contributed by atoms with van der Waals surface area (Å²) in [6.07, 6.45) is 2.88. The van der Waals surface area contributed by atoms with Crippen LogP contribution < -0.4 is 0 Å². The number of benzene rings is 1. The molecular weight excluding hydrogens is 342 g/mol. The Kier molecular flexibility index (Phi) is 5.55. The van der Waals surface area contributed by atoms with E-state index in [0.29, 0.717) is 13.2 Å². The van der Waals surface area contributed by atoms with Crippen LogP contribution >= 0.6 is 0 Å². The molecule has 0 aromatic heterocycles. The molecule has 1 saturated heterocycles. The van der Waals surface area contributed by atoms with Crippen LogP contribution in [0, 0.1) is 5.41 Å². The highest BCUT2D eigenvalue weighted by atomic mass is 16.6. The van der Waals surface area contributed by atoms with Gasteiger partial charge >= 0.3 is 6.09 Å². The summed E-state index contributed by atoms with van der Waals surface area (Å²) >= 11 is 0. The van der Waals surface area contributed by atoms with E-state index in [-0.39, 0.29) is 17.6 Å². The van der Waals surface area contributed by atoms with Crippen LogP contribution in [0.1, 0.15) is 59.4 Å². The van der Waals surface area contributed by atoms with Crippen LogP contribution in [0.25, 0.3) is 0 Å². The normalized spacial score (nSPS) is 23.3. The van der Waals surface area contributed by atoms with Crippen LogP contribution in [-0.2, 0) is 20.8 Å². The van der Waals surface area contributed by atoms with Gasteiger partial charge < -0.3 is 14.2 Å². The van der Waals surface area contributed by atoms with Crippen molar-refractivity contribution in [3.05, 3.63) is 35.9 Å². The largest absolute Gasteiger partial charge is 0.444 e. The first-order valence-corrected chi connectivity index (χ1v) is 9.88. The standard InChI is InChI=1S/C22H33NO4/c1-20(2,3)27-19(24)23-18(15-26-21(23,4)5)13-22(11-12-22)16-25-14-17-9-7-6-8-10-17/h6-10,18H,11-16H2,1-5H3/t18-/m0/s1. The van der Waals surface area contributed by atoms with Gasteiger partial charge in [-0.2, -0.15) is 0 Å². The molecule has 2 aliphatic rings. The number of carbonyl (C=O) groups excluding carboxylic acids is 1. The van der Waals surface area contributed by atoms with E-state index in [1.165, 1.54) is 5.56 Å². The summed E-state index contributed by atoms with van der Waals surface area (Å²) in [5.41, 5.74) is 0.183. The minimum absolute atomic E-state index is 0.0256. The van der Waals surface area contributed by atoms with Crippen molar-refractivity contribution in [2.24, 2.45) is 5.41 Å². The number of nitrogens with zero attached hydrogens (tertiary/aromatic N) is 1. The first kappa shape index (κ1) is 20.2.